The second-order valence-corrected chi connectivity index (χ2v) is 2.81. The molecule has 0 bridgehead atoms. The van der Waals surface area contributed by atoms with E-state index >= 15 is 0 Å². The summed E-state index contributed by atoms with van der Waals surface area (Å²) in [5, 5.41) is 11.2. The SMILES string of the molecule is O=C(O)C[15NH]CCc1ccccc1. The van der Waals surface area contributed by atoms with Crippen LogP contribution in [0.15, 0.2) is 30.3 Å². The Bertz CT molecular complexity index is 259. The molecule has 0 atom stereocenters. The van der Waals surface area contributed by atoms with Gasteiger partial charge in [-0.1, -0.05) is 30.3 Å². The first-order valence-electron chi connectivity index (χ1n) is 4.25. The van der Waals surface area contributed by atoms with Gasteiger partial charge < -0.3 is 10.4 Å². The molecule has 1 aromatic rings. The van der Waals surface area contributed by atoms with E-state index in [1.54, 1.807) is 0 Å². The third-order valence-electron chi connectivity index (χ3n) is 1.71. The zero-order valence-electron chi connectivity index (χ0n) is 7.36. The summed E-state index contributed by atoms with van der Waals surface area (Å²) < 4.78 is 0. The van der Waals surface area contributed by atoms with Crippen LogP contribution in [-0.2, 0) is 11.2 Å². The van der Waals surface area contributed by atoms with Crippen LogP contribution >= 0.6 is 0 Å². The van der Waals surface area contributed by atoms with Crippen LogP contribution < -0.4 is 5.32 Å². The molecule has 0 saturated carbocycles. The first-order valence-corrected chi connectivity index (χ1v) is 4.25. The zero-order chi connectivity index (χ0) is 9.52. The monoisotopic (exact) mass is 180 g/mol. The van der Waals surface area contributed by atoms with Crippen molar-refractivity contribution in [3.8, 4) is 0 Å². The molecule has 0 heterocycles. The van der Waals surface area contributed by atoms with E-state index in [0.717, 1.165) is 6.42 Å². The fourth-order valence-electron chi connectivity index (χ4n) is 1.07. The Hall–Kier alpha value is -1.35. The molecule has 0 aliphatic rings. The summed E-state index contributed by atoms with van der Waals surface area (Å²) in [7, 11) is 0. The average molecular weight is 180 g/mol. The second kappa shape index (κ2) is 5.32. The van der Waals surface area contributed by atoms with E-state index in [1.165, 1.54) is 5.56 Å². The summed E-state index contributed by atoms with van der Waals surface area (Å²) in [5.74, 6) is -0.812. The number of carbonyl (C=O) groups is 1. The first kappa shape index (κ1) is 9.74. The molecule has 0 amide bonds. The molecule has 2 N–H and O–H groups in total. The lowest BCUT2D eigenvalue weighted by atomic mass is 10.2. The molecular formula is C10H13NO2. The number of rotatable bonds is 5. The molecule has 13 heavy (non-hydrogen) atoms. The van der Waals surface area contributed by atoms with Crippen molar-refractivity contribution < 1.29 is 9.90 Å². The lowest BCUT2D eigenvalue weighted by Gasteiger charge is -2.01. The second-order valence-electron chi connectivity index (χ2n) is 2.81. The summed E-state index contributed by atoms with van der Waals surface area (Å²) in [4.78, 5) is 10.1. The smallest absolute Gasteiger partial charge is 0.317 e. The Kier molecular flexibility index (Phi) is 3.99. The van der Waals surface area contributed by atoms with E-state index in [9.17, 15) is 4.79 Å². The van der Waals surface area contributed by atoms with Crippen LogP contribution in [0.3, 0.4) is 0 Å². The molecule has 0 aromatic heterocycles. The van der Waals surface area contributed by atoms with Crippen molar-refractivity contribution in [2.75, 3.05) is 13.1 Å². The third-order valence-corrected chi connectivity index (χ3v) is 1.71. The summed E-state index contributed by atoms with van der Waals surface area (Å²) >= 11 is 0. The van der Waals surface area contributed by atoms with Crippen LogP contribution in [0.2, 0.25) is 0 Å². The molecule has 0 saturated heterocycles. The van der Waals surface area contributed by atoms with E-state index in [2.05, 4.69) is 5.32 Å². The van der Waals surface area contributed by atoms with Crippen LogP contribution in [0.5, 0.6) is 0 Å². The van der Waals surface area contributed by atoms with Crippen molar-refractivity contribution in [2.24, 2.45) is 0 Å². The predicted molar refractivity (Wildman–Crippen MR) is 50.7 cm³/mol. The Morgan fingerprint density at radius 1 is 1.31 bits per heavy atom. The fourth-order valence-corrected chi connectivity index (χ4v) is 1.07. The minimum Gasteiger partial charge on any atom is -0.480 e. The number of nitrogens with one attached hydrogen (secondary N) is 1. The highest BCUT2D eigenvalue weighted by atomic mass is 16.4. The third kappa shape index (κ3) is 4.28. The lowest BCUT2D eigenvalue weighted by Crippen LogP contribution is -2.24. The average Bonchev–Trinajstić information content (AvgIpc) is 2.14. The lowest BCUT2D eigenvalue weighted by molar-refractivity contribution is -0.135. The van der Waals surface area contributed by atoms with Crippen LogP contribution in [0.4, 0.5) is 0 Å². The Morgan fingerprint density at radius 2 is 2.00 bits per heavy atom. The van der Waals surface area contributed by atoms with Gasteiger partial charge in [-0.15, -0.1) is 0 Å². The van der Waals surface area contributed by atoms with Crippen molar-refractivity contribution in [3.05, 3.63) is 35.9 Å². The van der Waals surface area contributed by atoms with Crippen molar-refractivity contribution >= 4 is 5.97 Å². The van der Waals surface area contributed by atoms with Gasteiger partial charge in [0.1, 0.15) is 0 Å². The largest absolute Gasteiger partial charge is 0.480 e. The van der Waals surface area contributed by atoms with E-state index in [0.29, 0.717) is 6.54 Å². The van der Waals surface area contributed by atoms with E-state index in [1.807, 2.05) is 30.3 Å². The normalized spacial score (nSPS) is 9.85. The predicted octanol–water partition coefficient (Wildman–Crippen LogP) is 0.903. The minimum absolute atomic E-state index is 0.0346. The Labute approximate surface area is 77.4 Å². The Balaban J connectivity index is 2.17. The number of hydrogen-bond acceptors (Lipinski definition) is 2. The van der Waals surface area contributed by atoms with Gasteiger partial charge in [0.25, 0.3) is 0 Å². The maximum atomic E-state index is 10.1. The molecule has 3 nitrogen and oxygen atoms in total. The first-order chi connectivity index (χ1) is 6.29. The van der Waals surface area contributed by atoms with Crippen molar-refractivity contribution in [2.45, 2.75) is 6.42 Å². The van der Waals surface area contributed by atoms with Crippen LogP contribution in [0, 0.1) is 0 Å². The van der Waals surface area contributed by atoms with Gasteiger partial charge >= 0.3 is 5.97 Å². The minimum atomic E-state index is -0.812. The fraction of sp³-hybridized carbons (Fsp3) is 0.300. The van der Waals surface area contributed by atoms with Crippen molar-refractivity contribution in [1.29, 1.82) is 0 Å². The van der Waals surface area contributed by atoms with Gasteiger partial charge in [0.05, 0.1) is 6.54 Å². The molecule has 70 valence electrons. The molecule has 3 heteroatoms. The maximum Gasteiger partial charge on any atom is 0.317 e. The molecule has 0 spiro atoms. The molecule has 0 aliphatic carbocycles. The van der Waals surface area contributed by atoms with Crippen LogP contribution in [-0.4, -0.2) is 24.2 Å². The van der Waals surface area contributed by atoms with E-state index in [4.69, 9.17) is 5.11 Å². The van der Waals surface area contributed by atoms with E-state index < -0.39 is 5.97 Å². The van der Waals surface area contributed by atoms with Gasteiger partial charge in [-0.3, -0.25) is 4.79 Å². The zero-order valence-corrected chi connectivity index (χ0v) is 7.36. The van der Waals surface area contributed by atoms with Crippen molar-refractivity contribution in [3.63, 3.8) is 0 Å². The number of aliphatic carboxylic acids is 1. The van der Waals surface area contributed by atoms with Gasteiger partial charge in [-0.25, -0.2) is 0 Å². The number of hydrogen-bond donors (Lipinski definition) is 2. The summed E-state index contributed by atoms with van der Waals surface area (Å²) in [5.41, 5.74) is 1.22. The summed E-state index contributed by atoms with van der Waals surface area (Å²) in [6.45, 7) is 0.739. The highest BCUT2D eigenvalue weighted by molar-refractivity contribution is 5.68. The maximum absolute atomic E-state index is 10.1. The highest BCUT2D eigenvalue weighted by Crippen LogP contribution is 1.97. The Morgan fingerprint density at radius 3 is 2.62 bits per heavy atom. The quantitative estimate of drug-likeness (QED) is 0.523. The van der Waals surface area contributed by atoms with Gasteiger partial charge in [0.2, 0.25) is 0 Å². The molecule has 0 radical (unpaired) electrons. The molecule has 0 unspecified atom stereocenters. The van der Waals surface area contributed by atoms with Gasteiger partial charge in [-0.05, 0) is 18.5 Å². The molecule has 0 fully saturated rings. The van der Waals surface area contributed by atoms with Gasteiger partial charge in [-0.2, -0.15) is 0 Å². The van der Waals surface area contributed by atoms with Crippen LogP contribution in [0.25, 0.3) is 0 Å². The number of carboxylic acid groups (broad SMARTS) is 1. The molecule has 1 aromatic carbocycles. The standard InChI is InChI=1S/C10H13NO2/c12-10(13)8-11-7-6-9-4-2-1-3-5-9/h1-5,11H,6-8H2,(H,12,13)/i11+1. The molecule has 1 rings (SSSR count). The number of carboxylic acids is 1. The van der Waals surface area contributed by atoms with Gasteiger partial charge in [0, 0.05) is 0 Å². The molecule has 0 aliphatic heterocycles. The summed E-state index contributed by atoms with van der Waals surface area (Å²) in [6.07, 6.45) is 0.869. The van der Waals surface area contributed by atoms with E-state index in [-0.39, 0.29) is 6.54 Å². The summed E-state index contributed by atoms with van der Waals surface area (Å²) in [6, 6.07) is 9.98. The van der Waals surface area contributed by atoms with Gasteiger partial charge in [0.15, 0.2) is 0 Å². The van der Waals surface area contributed by atoms with Crippen LogP contribution in [0.1, 0.15) is 5.56 Å². The highest BCUT2D eigenvalue weighted by Gasteiger charge is 1.94. The molecular weight excluding hydrogens is 167 g/mol. The van der Waals surface area contributed by atoms with Crippen molar-refractivity contribution in [1.82, 2.24) is 5.32 Å². The topological polar surface area (TPSA) is 49.3 Å². The number of benzene rings is 1.